The molecule has 0 amide bonds. The minimum absolute atomic E-state index is 0.111. The zero-order valence-corrected chi connectivity index (χ0v) is 12.4. The third kappa shape index (κ3) is 4.36. The molecule has 0 fully saturated rings. The Morgan fingerprint density at radius 1 is 0.857 bits per heavy atom. The minimum atomic E-state index is -0.823. The highest BCUT2D eigenvalue weighted by Gasteiger charge is 2.09. The zero-order chi connectivity index (χ0) is 15.4. The minimum Gasteiger partial charge on any atom is -0.327 e. The maximum absolute atomic E-state index is 13.2. The lowest BCUT2D eigenvalue weighted by Gasteiger charge is -2.13. The summed E-state index contributed by atoms with van der Waals surface area (Å²) in [4.78, 5) is 0. The Kier molecular flexibility index (Phi) is 5.07. The molecule has 2 aromatic carbocycles. The van der Waals surface area contributed by atoms with E-state index < -0.39 is 11.6 Å². The van der Waals surface area contributed by atoms with Crippen molar-refractivity contribution in [2.75, 3.05) is 0 Å². The Balaban J connectivity index is 1.97. The monoisotopic (exact) mass is 289 g/mol. The van der Waals surface area contributed by atoms with Crippen LogP contribution in [0.15, 0.2) is 42.5 Å². The SMILES string of the molecule is CC(C)c1ccc(CC(N)Cc2ccc(F)c(F)c2)cc1. The van der Waals surface area contributed by atoms with Crippen LogP contribution in [-0.2, 0) is 12.8 Å². The van der Waals surface area contributed by atoms with Gasteiger partial charge in [0.1, 0.15) is 0 Å². The third-order valence-electron chi connectivity index (χ3n) is 3.63. The first kappa shape index (κ1) is 15.6. The topological polar surface area (TPSA) is 26.0 Å². The molecule has 0 aromatic heterocycles. The van der Waals surface area contributed by atoms with Crippen LogP contribution in [0, 0.1) is 11.6 Å². The second-order valence-corrected chi connectivity index (χ2v) is 5.81. The predicted octanol–water partition coefficient (Wildman–Crippen LogP) is 4.20. The van der Waals surface area contributed by atoms with Gasteiger partial charge < -0.3 is 5.73 Å². The number of benzene rings is 2. The van der Waals surface area contributed by atoms with E-state index in [1.807, 2.05) is 0 Å². The molecule has 0 spiro atoms. The van der Waals surface area contributed by atoms with Crippen molar-refractivity contribution in [1.82, 2.24) is 0 Å². The van der Waals surface area contributed by atoms with Gasteiger partial charge in [0, 0.05) is 6.04 Å². The number of halogens is 2. The first-order valence-electron chi connectivity index (χ1n) is 7.24. The molecule has 0 saturated carbocycles. The van der Waals surface area contributed by atoms with Gasteiger partial charge in [-0.3, -0.25) is 0 Å². The van der Waals surface area contributed by atoms with E-state index in [4.69, 9.17) is 5.73 Å². The Morgan fingerprint density at radius 3 is 2.00 bits per heavy atom. The van der Waals surface area contributed by atoms with E-state index in [-0.39, 0.29) is 6.04 Å². The highest BCUT2D eigenvalue weighted by molar-refractivity contribution is 5.26. The van der Waals surface area contributed by atoms with Crippen LogP contribution in [-0.4, -0.2) is 6.04 Å². The summed E-state index contributed by atoms with van der Waals surface area (Å²) in [6.45, 7) is 4.31. The molecule has 3 heteroatoms. The van der Waals surface area contributed by atoms with Gasteiger partial charge in [0.25, 0.3) is 0 Å². The molecule has 0 aliphatic carbocycles. The highest BCUT2D eigenvalue weighted by atomic mass is 19.2. The summed E-state index contributed by atoms with van der Waals surface area (Å²) in [5.41, 5.74) is 9.29. The smallest absolute Gasteiger partial charge is 0.159 e. The first-order chi connectivity index (χ1) is 9.95. The van der Waals surface area contributed by atoms with Gasteiger partial charge in [-0.15, -0.1) is 0 Å². The van der Waals surface area contributed by atoms with E-state index in [2.05, 4.69) is 38.1 Å². The summed E-state index contributed by atoms with van der Waals surface area (Å²) >= 11 is 0. The van der Waals surface area contributed by atoms with Gasteiger partial charge in [-0.25, -0.2) is 8.78 Å². The number of rotatable bonds is 5. The summed E-state index contributed by atoms with van der Waals surface area (Å²) in [6, 6.07) is 12.2. The molecule has 0 aliphatic rings. The molecular formula is C18H21F2N. The molecule has 0 bridgehead atoms. The summed E-state index contributed by atoms with van der Waals surface area (Å²) < 4.78 is 26.0. The zero-order valence-electron chi connectivity index (χ0n) is 12.4. The van der Waals surface area contributed by atoms with Crippen LogP contribution in [0.3, 0.4) is 0 Å². The molecule has 0 heterocycles. The normalized spacial score (nSPS) is 12.7. The third-order valence-corrected chi connectivity index (χ3v) is 3.63. The van der Waals surface area contributed by atoms with Crippen molar-refractivity contribution in [1.29, 1.82) is 0 Å². The fraction of sp³-hybridized carbons (Fsp3) is 0.333. The molecule has 1 nitrogen and oxygen atoms in total. The van der Waals surface area contributed by atoms with Crippen molar-refractivity contribution in [2.45, 2.75) is 38.6 Å². The van der Waals surface area contributed by atoms with Crippen molar-refractivity contribution in [3.8, 4) is 0 Å². The summed E-state index contributed by atoms with van der Waals surface area (Å²) in [7, 11) is 0. The lowest BCUT2D eigenvalue weighted by Crippen LogP contribution is -2.25. The average Bonchev–Trinajstić information content (AvgIpc) is 2.43. The van der Waals surface area contributed by atoms with Crippen LogP contribution in [0.2, 0.25) is 0 Å². The molecule has 0 saturated heterocycles. The second-order valence-electron chi connectivity index (χ2n) is 5.81. The predicted molar refractivity (Wildman–Crippen MR) is 82.3 cm³/mol. The van der Waals surface area contributed by atoms with E-state index in [1.54, 1.807) is 6.07 Å². The van der Waals surface area contributed by atoms with E-state index in [9.17, 15) is 8.78 Å². The van der Waals surface area contributed by atoms with E-state index in [0.29, 0.717) is 12.3 Å². The van der Waals surface area contributed by atoms with Gasteiger partial charge in [0.2, 0.25) is 0 Å². The molecular weight excluding hydrogens is 268 g/mol. The van der Waals surface area contributed by atoms with Crippen LogP contribution in [0.5, 0.6) is 0 Å². The lowest BCUT2D eigenvalue weighted by atomic mass is 9.97. The fourth-order valence-corrected chi connectivity index (χ4v) is 2.38. The van der Waals surface area contributed by atoms with Gasteiger partial charge in [-0.2, -0.15) is 0 Å². The van der Waals surface area contributed by atoms with Crippen LogP contribution in [0.4, 0.5) is 8.78 Å². The van der Waals surface area contributed by atoms with Crippen molar-refractivity contribution < 1.29 is 8.78 Å². The molecule has 0 radical (unpaired) electrons. The van der Waals surface area contributed by atoms with Crippen LogP contribution in [0.1, 0.15) is 36.5 Å². The Morgan fingerprint density at radius 2 is 1.43 bits per heavy atom. The average molecular weight is 289 g/mol. The molecule has 21 heavy (non-hydrogen) atoms. The van der Waals surface area contributed by atoms with Crippen LogP contribution >= 0.6 is 0 Å². The van der Waals surface area contributed by atoms with E-state index in [0.717, 1.165) is 23.6 Å². The van der Waals surface area contributed by atoms with Crippen LogP contribution < -0.4 is 5.73 Å². The lowest BCUT2D eigenvalue weighted by molar-refractivity contribution is 0.506. The molecule has 112 valence electrons. The number of nitrogens with two attached hydrogens (primary N) is 1. The standard InChI is InChI=1S/C18H21F2N/c1-12(2)15-6-3-13(4-7-15)9-16(21)10-14-5-8-17(19)18(20)11-14/h3-8,11-12,16H,9-10,21H2,1-2H3. The van der Waals surface area contributed by atoms with Crippen LogP contribution in [0.25, 0.3) is 0 Å². The van der Waals surface area contributed by atoms with Gasteiger partial charge in [0.15, 0.2) is 11.6 Å². The number of hydrogen-bond acceptors (Lipinski definition) is 1. The quantitative estimate of drug-likeness (QED) is 0.877. The Hall–Kier alpha value is -1.74. The van der Waals surface area contributed by atoms with Crippen molar-refractivity contribution in [2.24, 2.45) is 5.73 Å². The fourth-order valence-electron chi connectivity index (χ4n) is 2.38. The van der Waals surface area contributed by atoms with E-state index >= 15 is 0 Å². The largest absolute Gasteiger partial charge is 0.327 e. The Labute approximate surface area is 124 Å². The van der Waals surface area contributed by atoms with Crippen molar-refractivity contribution in [3.63, 3.8) is 0 Å². The molecule has 2 aromatic rings. The molecule has 1 unspecified atom stereocenters. The molecule has 2 rings (SSSR count). The van der Waals surface area contributed by atoms with Crippen molar-refractivity contribution in [3.05, 3.63) is 70.8 Å². The van der Waals surface area contributed by atoms with Gasteiger partial charge in [0.05, 0.1) is 0 Å². The number of hydrogen-bond donors (Lipinski definition) is 1. The second kappa shape index (κ2) is 6.81. The molecule has 1 atom stereocenters. The van der Waals surface area contributed by atoms with E-state index in [1.165, 1.54) is 11.6 Å². The van der Waals surface area contributed by atoms with Gasteiger partial charge in [-0.05, 0) is 47.6 Å². The molecule has 2 N–H and O–H groups in total. The highest BCUT2D eigenvalue weighted by Crippen LogP contribution is 2.16. The first-order valence-corrected chi connectivity index (χ1v) is 7.24. The summed E-state index contributed by atoms with van der Waals surface area (Å²) in [5, 5.41) is 0. The molecule has 0 aliphatic heterocycles. The summed E-state index contributed by atoms with van der Waals surface area (Å²) in [6.07, 6.45) is 1.25. The van der Waals surface area contributed by atoms with Crippen molar-refractivity contribution >= 4 is 0 Å². The Bertz CT molecular complexity index is 591. The maximum Gasteiger partial charge on any atom is 0.159 e. The van der Waals surface area contributed by atoms with Gasteiger partial charge >= 0.3 is 0 Å². The van der Waals surface area contributed by atoms with Gasteiger partial charge in [-0.1, -0.05) is 44.2 Å². The summed E-state index contributed by atoms with van der Waals surface area (Å²) in [5.74, 6) is -1.13. The maximum atomic E-state index is 13.2.